The molecule has 0 aliphatic carbocycles. The van der Waals surface area contributed by atoms with Crippen molar-refractivity contribution in [3.8, 4) is 11.5 Å². The number of likely N-dealkylation sites (N-methyl/N-ethyl adjacent to an activating group) is 1. The van der Waals surface area contributed by atoms with Crippen LogP contribution in [0.1, 0.15) is 32.3 Å². The highest BCUT2D eigenvalue weighted by Crippen LogP contribution is 2.27. The molecule has 7 heteroatoms. The summed E-state index contributed by atoms with van der Waals surface area (Å²) in [6.07, 6.45) is 3.25. The third-order valence-electron chi connectivity index (χ3n) is 5.11. The second-order valence-electron chi connectivity index (χ2n) is 6.93. The number of halogens is 1. The van der Waals surface area contributed by atoms with Crippen LogP contribution in [0, 0.1) is 5.92 Å². The molecule has 0 heterocycles. The first-order chi connectivity index (χ1) is 13.0. The fraction of sp³-hybridized carbons (Fsp3) is 0.667. The first-order valence-corrected chi connectivity index (χ1v) is 9.82. The van der Waals surface area contributed by atoms with Gasteiger partial charge in [0, 0.05) is 26.2 Å². The molecule has 0 aromatic heterocycles. The van der Waals surface area contributed by atoms with Crippen LogP contribution in [0.5, 0.6) is 11.5 Å². The molecule has 2 N–H and O–H groups in total. The van der Waals surface area contributed by atoms with Crippen molar-refractivity contribution in [3.05, 3.63) is 23.8 Å². The maximum atomic E-state index is 5.37. The zero-order valence-electron chi connectivity index (χ0n) is 18.5. The summed E-state index contributed by atoms with van der Waals surface area (Å²) >= 11 is 0. The third-order valence-corrected chi connectivity index (χ3v) is 5.11. The average molecular weight is 506 g/mol. The Labute approximate surface area is 188 Å². The van der Waals surface area contributed by atoms with E-state index in [1.165, 1.54) is 18.4 Å². The van der Waals surface area contributed by atoms with E-state index in [4.69, 9.17) is 9.47 Å². The van der Waals surface area contributed by atoms with E-state index in [-0.39, 0.29) is 24.0 Å². The number of rotatable bonds is 11. The highest BCUT2D eigenvalue weighted by atomic mass is 127. The standard InChI is InChI=1S/C21H38N4O2.HI/c1-8-17(9-2)18(25(4)5)15-24-21(22-3)23-13-12-16-10-11-19(26-6)20(14-16)27-7;/h10-11,14,17-18H,8-9,12-13,15H2,1-7H3,(H2,22,23,24);1H. The van der Waals surface area contributed by atoms with E-state index < -0.39 is 0 Å². The van der Waals surface area contributed by atoms with E-state index in [1.54, 1.807) is 14.2 Å². The van der Waals surface area contributed by atoms with Gasteiger partial charge in [0.1, 0.15) is 0 Å². The van der Waals surface area contributed by atoms with E-state index in [9.17, 15) is 0 Å². The minimum atomic E-state index is 0. The lowest BCUT2D eigenvalue weighted by Crippen LogP contribution is -2.48. The highest BCUT2D eigenvalue weighted by Gasteiger charge is 2.20. The lowest BCUT2D eigenvalue weighted by atomic mass is 9.93. The SMILES string of the molecule is CCC(CC)C(CNC(=NC)NCCc1ccc(OC)c(OC)c1)N(C)C.I. The third kappa shape index (κ3) is 8.43. The second kappa shape index (κ2) is 14.7. The van der Waals surface area contributed by atoms with E-state index >= 15 is 0 Å². The molecule has 0 saturated heterocycles. The summed E-state index contributed by atoms with van der Waals surface area (Å²) in [5.74, 6) is 3.03. The Morgan fingerprint density at radius 1 is 1.07 bits per heavy atom. The second-order valence-corrected chi connectivity index (χ2v) is 6.93. The van der Waals surface area contributed by atoms with Gasteiger partial charge >= 0.3 is 0 Å². The van der Waals surface area contributed by atoms with Gasteiger partial charge < -0.3 is 25.0 Å². The Bertz CT molecular complexity index is 578. The van der Waals surface area contributed by atoms with Crippen molar-refractivity contribution in [2.75, 3.05) is 48.5 Å². The van der Waals surface area contributed by atoms with Crippen LogP contribution in [-0.4, -0.2) is 65.4 Å². The summed E-state index contributed by atoms with van der Waals surface area (Å²) in [4.78, 5) is 6.66. The van der Waals surface area contributed by atoms with Crippen molar-refractivity contribution >= 4 is 29.9 Å². The number of benzene rings is 1. The maximum Gasteiger partial charge on any atom is 0.191 e. The average Bonchev–Trinajstić information content (AvgIpc) is 2.69. The van der Waals surface area contributed by atoms with Crippen molar-refractivity contribution in [1.29, 1.82) is 0 Å². The molecule has 6 nitrogen and oxygen atoms in total. The van der Waals surface area contributed by atoms with Crippen LogP contribution in [0.4, 0.5) is 0 Å². The molecule has 1 aromatic carbocycles. The smallest absolute Gasteiger partial charge is 0.191 e. The number of nitrogens with one attached hydrogen (secondary N) is 2. The fourth-order valence-corrected chi connectivity index (χ4v) is 3.39. The number of nitrogens with zero attached hydrogens (tertiary/aromatic N) is 2. The number of hydrogen-bond donors (Lipinski definition) is 2. The lowest BCUT2D eigenvalue weighted by molar-refractivity contribution is 0.200. The summed E-state index contributed by atoms with van der Waals surface area (Å²) in [6, 6.07) is 6.52. The van der Waals surface area contributed by atoms with Crippen molar-refractivity contribution in [2.24, 2.45) is 10.9 Å². The van der Waals surface area contributed by atoms with Gasteiger partial charge in [-0.2, -0.15) is 0 Å². The molecular weight excluding hydrogens is 467 g/mol. The van der Waals surface area contributed by atoms with Crippen LogP contribution in [0.25, 0.3) is 0 Å². The van der Waals surface area contributed by atoms with E-state index in [0.29, 0.717) is 12.0 Å². The summed E-state index contributed by atoms with van der Waals surface area (Å²) in [6.45, 7) is 6.21. The molecule has 0 bridgehead atoms. The van der Waals surface area contributed by atoms with Crippen molar-refractivity contribution in [3.63, 3.8) is 0 Å². The Kier molecular flexibility index (Phi) is 14.1. The topological polar surface area (TPSA) is 58.1 Å². The molecule has 0 fully saturated rings. The van der Waals surface area contributed by atoms with Crippen LogP contribution in [-0.2, 0) is 6.42 Å². The zero-order chi connectivity index (χ0) is 20.2. The van der Waals surface area contributed by atoms with Crippen LogP contribution in [0.15, 0.2) is 23.2 Å². The van der Waals surface area contributed by atoms with Crippen molar-refractivity contribution in [1.82, 2.24) is 15.5 Å². The van der Waals surface area contributed by atoms with Gasteiger partial charge in [-0.1, -0.05) is 32.8 Å². The largest absolute Gasteiger partial charge is 0.493 e. The van der Waals surface area contributed by atoms with Crippen LogP contribution < -0.4 is 20.1 Å². The Morgan fingerprint density at radius 3 is 2.21 bits per heavy atom. The summed E-state index contributed by atoms with van der Waals surface area (Å²) in [5.41, 5.74) is 1.19. The van der Waals surface area contributed by atoms with Gasteiger partial charge in [-0.05, 0) is 44.1 Å². The predicted molar refractivity (Wildman–Crippen MR) is 130 cm³/mol. The van der Waals surface area contributed by atoms with Crippen molar-refractivity contribution in [2.45, 2.75) is 39.2 Å². The molecule has 0 amide bonds. The number of hydrogen-bond acceptors (Lipinski definition) is 4. The molecule has 0 spiro atoms. The van der Waals surface area contributed by atoms with Gasteiger partial charge in [0.2, 0.25) is 0 Å². The van der Waals surface area contributed by atoms with E-state index in [0.717, 1.165) is 37.0 Å². The molecular formula is C21H39IN4O2. The van der Waals surface area contributed by atoms with E-state index in [1.807, 2.05) is 19.2 Å². The molecule has 28 heavy (non-hydrogen) atoms. The molecule has 1 atom stereocenters. The predicted octanol–water partition coefficient (Wildman–Crippen LogP) is 3.40. The van der Waals surface area contributed by atoms with Crippen LogP contribution in [0.2, 0.25) is 0 Å². The zero-order valence-corrected chi connectivity index (χ0v) is 20.9. The maximum absolute atomic E-state index is 5.37. The van der Waals surface area contributed by atoms with Gasteiger partial charge in [-0.15, -0.1) is 24.0 Å². The first-order valence-electron chi connectivity index (χ1n) is 9.82. The molecule has 162 valence electrons. The van der Waals surface area contributed by atoms with Crippen molar-refractivity contribution < 1.29 is 9.47 Å². The van der Waals surface area contributed by atoms with Gasteiger partial charge in [-0.3, -0.25) is 4.99 Å². The monoisotopic (exact) mass is 506 g/mol. The van der Waals surface area contributed by atoms with Gasteiger partial charge in [0.05, 0.1) is 14.2 Å². The Morgan fingerprint density at radius 2 is 1.71 bits per heavy atom. The van der Waals surface area contributed by atoms with E-state index in [2.05, 4.69) is 54.5 Å². The summed E-state index contributed by atoms with van der Waals surface area (Å²) in [7, 11) is 9.42. The molecule has 1 unspecified atom stereocenters. The normalized spacial score (nSPS) is 12.5. The minimum Gasteiger partial charge on any atom is -0.493 e. The van der Waals surface area contributed by atoms with Crippen LogP contribution >= 0.6 is 24.0 Å². The number of methoxy groups -OCH3 is 2. The fourth-order valence-electron chi connectivity index (χ4n) is 3.39. The molecule has 0 radical (unpaired) electrons. The quantitative estimate of drug-likeness (QED) is 0.274. The first kappa shape index (κ1) is 26.8. The summed E-state index contributed by atoms with van der Waals surface area (Å²) < 4.78 is 10.7. The molecule has 1 rings (SSSR count). The Hall–Kier alpha value is -1.22. The highest BCUT2D eigenvalue weighted by molar-refractivity contribution is 14.0. The molecule has 0 saturated carbocycles. The number of aliphatic imine (C=N–C) groups is 1. The van der Waals surface area contributed by atoms with Crippen LogP contribution in [0.3, 0.4) is 0 Å². The summed E-state index contributed by atoms with van der Waals surface area (Å²) in [5, 5.41) is 6.88. The number of ether oxygens (including phenoxy) is 2. The number of guanidine groups is 1. The lowest BCUT2D eigenvalue weighted by Gasteiger charge is -2.32. The van der Waals surface area contributed by atoms with Gasteiger partial charge in [0.15, 0.2) is 17.5 Å². The Balaban J connectivity index is 0.00000729. The molecule has 0 aliphatic rings. The van der Waals surface area contributed by atoms with Gasteiger partial charge in [-0.25, -0.2) is 0 Å². The van der Waals surface area contributed by atoms with Gasteiger partial charge in [0.25, 0.3) is 0 Å². The minimum absolute atomic E-state index is 0. The molecule has 1 aromatic rings. The molecule has 0 aliphatic heterocycles.